The summed E-state index contributed by atoms with van der Waals surface area (Å²) in [5.41, 5.74) is 0.430. The molecule has 0 aromatic carbocycles. The summed E-state index contributed by atoms with van der Waals surface area (Å²) < 4.78 is 38.1. The van der Waals surface area contributed by atoms with Crippen LogP contribution in [0.4, 0.5) is 13.2 Å². The summed E-state index contributed by atoms with van der Waals surface area (Å²) in [6.07, 6.45) is 3.13. The average Bonchev–Trinajstić information content (AvgIpc) is 3.07. The van der Waals surface area contributed by atoms with Crippen molar-refractivity contribution in [3.05, 3.63) is 0 Å². The van der Waals surface area contributed by atoms with Gasteiger partial charge in [-0.3, -0.25) is 0 Å². The Labute approximate surface area is 108 Å². The van der Waals surface area contributed by atoms with Gasteiger partial charge in [-0.05, 0) is 43.9 Å². The second-order valence-electron chi connectivity index (χ2n) is 6.23. The topological polar surface area (TPSA) is 12.0 Å². The molecule has 0 saturated heterocycles. The van der Waals surface area contributed by atoms with E-state index in [1.165, 1.54) is 25.7 Å². The molecule has 0 aliphatic heterocycles. The maximum absolute atomic E-state index is 12.7. The van der Waals surface area contributed by atoms with Crippen LogP contribution in [0.2, 0.25) is 0 Å². The highest BCUT2D eigenvalue weighted by molar-refractivity contribution is 4.95. The Morgan fingerprint density at radius 3 is 2.50 bits per heavy atom. The SMILES string of the molecule is CCCC1(CNC2CCCC(C(F)(F)F)C2)CC1. The zero-order valence-corrected chi connectivity index (χ0v) is 11.2. The Morgan fingerprint density at radius 2 is 1.94 bits per heavy atom. The van der Waals surface area contributed by atoms with Crippen LogP contribution in [-0.2, 0) is 0 Å². The summed E-state index contributed by atoms with van der Waals surface area (Å²) in [5, 5.41) is 3.41. The van der Waals surface area contributed by atoms with Gasteiger partial charge in [-0.1, -0.05) is 19.8 Å². The Hall–Kier alpha value is -0.250. The van der Waals surface area contributed by atoms with Gasteiger partial charge < -0.3 is 5.32 Å². The lowest BCUT2D eigenvalue weighted by Crippen LogP contribution is -2.41. The number of hydrogen-bond donors (Lipinski definition) is 1. The fourth-order valence-electron chi connectivity index (χ4n) is 3.26. The van der Waals surface area contributed by atoms with Crippen LogP contribution in [0, 0.1) is 11.3 Å². The molecule has 2 unspecified atom stereocenters. The van der Waals surface area contributed by atoms with Crippen molar-refractivity contribution in [3.8, 4) is 0 Å². The first-order chi connectivity index (χ1) is 8.45. The van der Waals surface area contributed by atoms with E-state index in [-0.39, 0.29) is 12.5 Å². The normalized spacial score (nSPS) is 31.3. The molecule has 2 fully saturated rings. The number of nitrogens with one attached hydrogen (secondary N) is 1. The molecule has 2 atom stereocenters. The van der Waals surface area contributed by atoms with Gasteiger partial charge in [0.1, 0.15) is 0 Å². The van der Waals surface area contributed by atoms with E-state index in [4.69, 9.17) is 0 Å². The minimum Gasteiger partial charge on any atom is -0.313 e. The second-order valence-corrected chi connectivity index (χ2v) is 6.23. The quantitative estimate of drug-likeness (QED) is 0.780. The molecule has 0 aromatic rings. The number of rotatable bonds is 5. The molecule has 2 saturated carbocycles. The Kier molecular flexibility index (Phi) is 4.25. The van der Waals surface area contributed by atoms with Gasteiger partial charge in [0.05, 0.1) is 5.92 Å². The highest BCUT2D eigenvalue weighted by Gasteiger charge is 2.44. The van der Waals surface area contributed by atoms with Crippen LogP contribution >= 0.6 is 0 Å². The Balaban J connectivity index is 1.76. The van der Waals surface area contributed by atoms with Crippen molar-refractivity contribution in [1.29, 1.82) is 0 Å². The molecule has 2 aliphatic carbocycles. The van der Waals surface area contributed by atoms with Crippen molar-refractivity contribution < 1.29 is 13.2 Å². The molecule has 18 heavy (non-hydrogen) atoms. The van der Waals surface area contributed by atoms with Gasteiger partial charge in [0.15, 0.2) is 0 Å². The van der Waals surface area contributed by atoms with Crippen LogP contribution < -0.4 is 5.32 Å². The fraction of sp³-hybridized carbons (Fsp3) is 1.00. The largest absolute Gasteiger partial charge is 0.391 e. The second kappa shape index (κ2) is 5.40. The first kappa shape index (κ1) is 14.2. The van der Waals surface area contributed by atoms with Crippen molar-refractivity contribution in [1.82, 2.24) is 5.32 Å². The zero-order chi connectivity index (χ0) is 13.2. The van der Waals surface area contributed by atoms with Crippen LogP contribution in [-0.4, -0.2) is 18.8 Å². The van der Waals surface area contributed by atoms with Gasteiger partial charge >= 0.3 is 6.18 Å². The van der Waals surface area contributed by atoms with Crippen LogP contribution in [0.1, 0.15) is 58.3 Å². The van der Waals surface area contributed by atoms with Crippen molar-refractivity contribution >= 4 is 0 Å². The van der Waals surface area contributed by atoms with E-state index >= 15 is 0 Å². The van der Waals surface area contributed by atoms with Crippen molar-refractivity contribution in [3.63, 3.8) is 0 Å². The lowest BCUT2D eigenvalue weighted by atomic mass is 9.85. The number of alkyl halides is 3. The highest BCUT2D eigenvalue weighted by Crippen LogP contribution is 2.49. The molecule has 1 N–H and O–H groups in total. The molecule has 0 heterocycles. The standard InChI is InChI=1S/C14H24F3N/c1-2-6-13(7-8-13)10-18-12-5-3-4-11(9-12)14(15,16)17/h11-12,18H,2-10H2,1H3. The van der Waals surface area contributed by atoms with Crippen LogP contribution in [0.15, 0.2) is 0 Å². The van der Waals surface area contributed by atoms with E-state index in [1.807, 2.05) is 0 Å². The molecule has 1 nitrogen and oxygen atoms in total. The molecule has 2 rings (SSSR count). The minimum atomic E-state index is -4.00. The average molecular weight is 263 g/mol. The fourth-order valence-corrected chi connectivity index (χ4v) is 3.26. The predicted molar refractivity (Wildman–Crippen MR) is 66.4 cm³/mol. The first-order valence-corrected chi connectivity index (χ1v) is 7.25. The molecule has 0 spiro atoms. The Bertz CT molecular complexity index is 271. The molecular formula is C14H24F3N. The van der Waals surface area contributed by atoms with Crippen molar-refractivity contribution in [2.24, 2.45) is 11.3 Å². The van der Waals surface area contributed by atoms with Gasteiger partial charge in [-0.25, -0.2) is 0 Å². The lowest BCUT2D eigenvalue weighted by molar-refractivity contribution is -0.183. The molecule has 0 bridgehead atoms. The molecular weight excluding hydrogens is 239 g/mol. The summed E-state index contributed by atoms with van der Waals surface area (Å²) in [6, 6.07) is 0.0831. The van der Waals surface area contributed by atoms with Crippen LogP contribution in [0.5, 0.6) is 0 Å². The summed E-state index contributed by atoms with van der Waals surface area (Å²) >= 11 is 0. The van der Waals surface area contributed by atoms with Gasteiger partial charge in [0.25, 0.3) is 0 Å². The summed E-state index contributed by atoms with van der Waals surface area (Å²) in [5.74, 6) is -1.08. The van der Waals surface area contributed by atoms with E-state index in [0.717, 1.165) is 13.0 Å². The van der Waals surface area contributed by atoms with E-state index in [9.17, 15) is 13.2 Å². The third-order valence-electron chi connectivity index (χ3n) is 4.64. The summed E-state index contributed by atoms with van der Waals surface area (Å²) in [6.45, 7) is 3.11. The first-order valence-electron chi connectivity index (χ1n) is 7.25. The van der Waals surface area contributed by atoms with Crippen LogP contribution in [0.25, 0.3) is 0 Å². The number of hydrogen-bond acceptors (Lipinski definition) is 1. The highest BCUT2D eigenvalue weighted by atomic mass is 19.4. The van der Waals surface area contributed by atoms with Gasteiger partial charge in [0.2, 0.25) is 0 Å². The van der Waals surface area contributed by atoms with E-state index in [0.29, 0.717) is 18.3 Å². The van der Waals surface area contributed by atoms with Crippen molar-refractivity contribution in [2.75, 3.05) is 6.54 Å². The van der Waals surface area contributed by atoms with Crippen molar-refractivity contribution in [2.45, 2.75) is 70.5 Å². The van der Waals surface area contributed by atoms with Crippen LogP contribution in [0.3, 0.4) is 0 Å². The molecule has 0 aromatic heterocycles. The lowest BCUT2D eigenvalue weighted by Gasteiger charge is -2.32. The predicted octanol–water partition coefficient (Wildman–Crippen LogP) is 4.28. The maximum atomic E-state index is 12.7. The van der Waals surface area contributed by atoms with E-state index in [2.05, 4.69) is 12.2 Å². The Morgan fingerprint density at radius 1 is 1.22 bits per heavy atom. The van der Waals surface area contributed by atoms with Gasteiger partial charge in [-0.15, -0.1) is 0 Å². The third kappa shape index (κ3) is 3.62. The van der Waals surface area contributed by atoms with E-state index in [1.54, 1.807) is 0 Å². The summed E-state index contributed by atoms with van der Waals surface area (Å²) in [4.78, 5) is 0. The van der Waals surface area contributed by atoms with E-state index < -0.39 is 12.1 Å². The molecule has 0 radical (unpaired) electrons. The molecule has 0 amide bonds. The van der Waals surface area contributed by atoms with Gasteiger partial charge in [0, 0.05) is 12.6 Å². The molecule has 2 aliphatic rings. The molecule has 4 heteroatoms. The zero-order valence-electron chi connectivity index (χ0n) is 11.2. The smallest absolute Gasteiger partial charge is 0.313 e. The minimum absolute atomic E-state index is 0.0831. The third-order valence-corrected chi connectivity index (χ3v) is 4.64. The molecule has 106 valence electrons. The number of halogens is 3. The maximum Gasteiger partial charge on any atom is 0.391 e. The van der Waals surface area contributed by atoms with Gasteiger partial charge in [-0.2, -0.15) is 13.2 Å². The summed E-state index contributed by atoms with van der Waals surface area (Å²) in [7, 11) is 0. The monoisotopic (exact) mass is 263 g/mol.